The third-order valence-corrected chi connectivity index (χ3v) is 5.96. The number of ether oxygens (including phenoxy) is 2. The summed E-state index contributed by atoms with van der Waals surface area (Å²) in [5.41, 5.74) is 1.87. The first-order chi connectivity index (χ1) is 13.9. The van der Waals surface area contributed by atoms with E-state index < -0.39 is 5.78 Å². The molecule has 1 saturated carbocycles. The summed E-state index contributed by atoms with van der Waals surface area (Å²) in [6.45, 7) is 0. The molecule has 0 aliphatic heterocycles. The van der Waals surface area contributed by atoms with Gasteiger partial charge in [0.15, 0.2) is 5.76 Å². The predicted molar refractivity (Wildman–Crippen MR) is 116 cm³/mol. The van der Waals surface area contributed by atoms with Crippen LogP contribution in [0.2, 0.25) is 0 Å². The predicted octanol–water partition coefficient (Wildman–Crippen LogP) is 5.27. The monoisotopic (exact) mass is 460 g/mol. The number of halogens is 1. The summed E-state index contributed by atoms with van der Waals surface area (Å²) in [4.78, 5) is 12.8. The third kappa shape index (κ3) is 4.82. The molecule has 1 aliphatic carbocycles. The lowest BCUT2D eigenvalue weighted by atomic mass is 9.81. The number of hydrogen-bond acceptors (Lipinski definition) is 5. The third-order valence-electron chi connectivity index (χ3n) is 5.34. The van der Waals surface area contributed by atoms with Crippen molar-refractivity contribution in [2.24, 2.45) is 0 Å². The molecule has 0 radical (unpaired) electrons. The molecule has 2 aromatic carbocycles. The van der Waals surface area contributed by atoms with Gasteiger partial charge in [-0.2, -0.15) is 0 Å². The number of aliphatic hydroxyl groups excluding tert-OH is 2. The standard InChI is InChI=1S/C23H25BrO5/c1-28-21-13-22(29-2)18(24)11-16(21)12-20(26)23(27)15-7-5-6-14(10-15)17-8-3-4-9-19(17)25/h5-7,10-13,17,19,25-26H,3-4,8-9H2,1-2H3/b20-12+/t17-,19+/m0/s1. The molecule has 3 rings (SSSR count). The van der Waals surface area contributed by atoms with Gasteiger partial charge in [0.25, 0.3) is 0 Å². The van der Waals surface area contributed by atoms with Crippen LogP contribution in [0.4, 0.5) is 0 Å². The smallest absolute Gasteiger partial charge is 0.227 e. The molecule has 0 aromatic heterocycles. The van der Waals surface area contributed by atoms with Gasteiger partial charge in [-0.1, -0.05) is 31.0 Å². The lowest BCUT2D eigenvalue weighted by Crippen LogP contribution is -2.22. The summed E-state index contributed by atoms with van der Waals surface area (Å²) in [6.07, 6.45) is 4.76. The van der Waals surface area contributed by atoms with Crippen LogP contribution in [0.1, 0.15) is 53.1 Å². The number of carbonyl (C=O) groups is 1. The Bertz CT molecular complexity index is 921. The Kier molecular flexibility index (Phi) is 6.98. The fraction of sp³-hybridized carbons (Fsp3) is 0.348. The molecule has 2 N–H and O–H groups in total. The van der Waals surface area contributed by atoms with Crippen LogP contribution in [0, 0.1) is 0 Å². The van der Waals surface area contributed by atoms with Crippen molar-refractivity contribution in [1.82, 2.24) is 0 Å². The van der Waals surface area contributed by atoms with E-state index in [4.69, 9.17) is 9.47 Å². The Morgan fingerprint density at radius 1 is 1.10 bits per heavy atom. The molecule has 6 heteroatoms. The van der Waals surface area contributed by atoms with Gasteiger partial charge >= 0.3 is 0 Å². The van der Waals surface area contributed by atoms with Crippen molar-refractivity contribution >= 4 is 27.8 Å². The van der Waals surface area contributed by atoms with Crippen LogP contribution in [0.5, 0.6) is 11.5 Å². The largest absolute Gasteiger partial charge is 0.504 e. The summed E-state index contributed by atoms with van der Waals surface area (Å²) in [5.74, 6) is 0.222. The van der Waals surface area contributed by atoms with Crippen LogP contribution >= 0.6 is 15.9 Å². The number of aliphatic hydroxyl groups is 2. The first-order valence-electron chi connectivity index (χ1n) is 9.59. The van der Waals surface area contributed by atoms with Crippen molar-refractivity contribution in [3.8, 4) is 11.5 Å². The lowest BCUT2D eigenvalue weighted by Gasteiger charge is -2.28. The van der Waals surface area contributed by atoms with Crippen LogP contribution in [0.15, 0.2) is 46.6 Å². The fourth-order valence-corrected chi connectivity index (χ4v) is 4.29. The maximum atomic E-state index is 12.8. The molecular formula is C23H25BrO5. The van der Waals surface area contributed by atoms with E-state index in [2.05, 4.69) is 15.9 Å². The number of carbonyl (C=O) groups excluding carboxylic acids is 1. The highest BCUT2D eigenvalue weighted by Crippen LogP contribution is 2.35. The second-order valence-corrected chi connectivity index (χ2v) is 8.03. The van der Waals surface area contributed by atoms with Crippen LogP contribution in [0.25, 0.3) is 6.08 Å². The highest BCUT2D eigenvalue weighted by molar-refractivity contribution is 9.10. The maximum absolute atomic E-state index is 12.8. The number of benzene rings is 2. The van der Waals surface area contributed by atoms with E-state index in [1.807, 2.05) is 6.07 Å². The van der Waals surface area contributed by atoms with Crippen molar-refractivity contribution in [1.29, 1.82) is 0 Å². The average molecular weight is 461 g/mol. The van der Waals surface area contributed by atoms with Gasteiger partial charge in [-0.05, 0) is 52.5 Å². The number of rotatable bonds is 6. The zero-order valence-electron chi connectivity index (χ0n) is 16.5. The summed E-state index contributed by atoms with van der Waals surface area (Å²) in [7, 11) is 3.06. The molecule has 2 aromatic rings. The maximum Gasteiger partial charge on any atom is 0.227 e. The van der Waals surface area contributed by atoms with Gasteiger partial charge in [0.05, 0.1) is 24.8 Å². The number of Topliss-reactive ketones (excluding diaryl/α,β-unsaturated/α-hetero) is 1. The molecule has 0 saturated heterocycles. The van der Waals surface area contributed by atoms with E-state index in [1.165, 1.54) is 13.2 Å². The lowest BCUT2D eigenvalue weighted by molar-refractivity contribution is 0.0976. The van der Waals surface area contributed by atoms with E-state index in [1.54, 1.807) is 37.4 Å². The van der Waals surface area contributed by atoms with Crippen molar-refractivity contribution in [3.63, 3.8) is 0 Å². The van der Waals surface area contributed by atoms with E-state index in [9.17, 15) is 15.0 Å². The Morgan fingerprint density at radius 3 is 2.52 bits per heavy atom. The van der Waals surface area contributed by atoms with Gasteiger partial charge in [-0.25, -0.2) is 0 Å². The molecule has 2 atom stereocenters. The van der Waals surface area contributed by atoms with Crippen LogP contribution in [-0.4, -0.2) is 36.3 Å². The molecule has 5 nitrogen and oxygen atoms in total. The summed E-state index contributed by atoms with van der Waals surface area (Å²) in [5, 5.41) is 20.8. The van der Waals surface area contributed by atoms with Crippen LogP contribution < -0.4 is 9.47 Å². The average Bonchev–Trinajstić information content (AvgIpc) is 2.73. The van der Waals surface area contributed by atoms with E-state index in [0.29, 0.717) is 27.1 Å². The van der Waals surface area contributed by atoms with E-state index in [-0.39, 0.29) is 17.8 Å². The minimum atomic E-state index is -0.480. The molecule has 0 amide bonds. The second kappa shape index (κ2) is 9.46. The van der Waals surface area contributed by atoms with Crippen molar-refractivity contribution in [3.05, 3.63) is 63.3 Å². The van der Waals surface area contributed by atoms with Gasteiger partial charge in [0, 0.05) is 23.1 Å². The minimum Gasteiger partial charge on any atom is -0.504 e. The van der Waals surface area contributed by atoms with Gasteiger partial charge in [0.2, 0.25) is 5.78 Å². The van der Waals surface area contributed by atoms with Crippen molar-refractivity contribution in [2.75, 3.05) is 14.2 Å². The highest BCUT2D eigenvalue weighted by atomic mass is 79.9. The SMILES string of the molecule is COc1cc(OC)c(/C=C(/O)C(=O)c2cccc([C@@H]3CCCC[C@H]3O)c2)cc1Br. The zero-order valence-corrected chi connectivity index (χ0v) is 18.1. The Balaban J connectivity index is 1.89. The number of hydrogen-bond donors (Lipinski definition) is 2. The molecule has 0 bridgehead atoms. The summed E-state index contributed by atoms with van der Waals surface area (Å²) in [6, 6.07) is 10.6. The molecular weight excluding hydrogens is 436 g/mol. The zero-order chi connectivity index (χ0) is 21.0. The molecule has 0 unspecified atom stereocenters. The van der Waals surface area contributed by atoms with E-state index >= 15 is 0 Å². The Labute approximate surface area is 179 Å². The first-order valence-corrected chi connectivity index (χ1v) is 10.4. The van der Waals surface area contributed by atoms with Gasteiger partial charge in [-0.15, -0.1) is 0 Å². The van der Waals surface area contributed by atoms with Crippen LogP contribution in [0.3, 0.4) is 0 Å². The fourth-order valence-electron chi connectivity index (χ4n) is 3.77. The number of methoxy groups -OCH3 is 2. The highest BCUT2D eigenvalue weighted by Gasteiger charge is 2.25. The Hall–Kier alpha value is -2.31. The molecule has 0 heterocycles. The van der Waals surface area contributed by atoms with Crippen molar-refractivity contribution < 1.29 is 24.5 Å². The number of allylic oxidation sites excluding steroid dienone is 1. The van der Waals surface area contributed by atoms with E-state index in [0.717, 1.165) is 31.2 Å². The molecule has 29 heavy (non-hydrogen) atoms. The summed E-state index contributed by atoms with van der Waals surface area (Å²) >= 11 is 3.40. The normalized spacial score (nSPS) is 19.7. The topological polar surface area (TPSA) is 76.0 Å². The van der Waals surface area contributed by atoms with Gasteiger partial charge in [0.1, 0.15) is 11.5 Å². The van der Waals surface area contributed by atoms with Crippen LogP contribution in [-0.2, 0) is 0 Å². The Morgan fingerprint density at radius 2 is 1.83 bits per heavy atom. The van der Waals surface area contributed by atoms with Gasteiger partial charge in [-0.3, -0.25) is 4.79 Å². The van der Waals surface area contributed by atoms with Gasteiger partial charge < -0.3 is 19.7 Å². The molecule has 154 valence electrons. The minimum absolute atomic E-state index is 0.0280. The second-order valence-electron chi connectivity index (χ2n) is 7.17. The molecule has 1 aliphatic rings. The number of ketones is 1. The summed E-state index contributed by atoms with van der Waals surface area (Å²) < 4.78 is 11.3. The first kappa shape index (κ1) is 21.4. The molecule has 1 fully saturated rings. The quantitative estimate of drug-likeness (QED) is 0.349. The van der Waals surface area contributed by atoms with Crippen molar-refractivity contribution in [2.45, 2.75) is 37.7 Å². The molecule has 0 spiro atoms.